The van der Waals surface area contributed by atoms with Crippen LogP contribution in [-0.4, -0.2) is 30.3 Å². The predicted molar refractivity (Wildman–Crippen MR) is 79.3 cm³/mol. The number of aryl methyl sites for hydroxylation is 1. The molecular formula is C13H19N3O3S. The van der Waals surface area contributed by atoms with Gasteiger partial charge in [0.2, 0.25) is 10.0 Å². The van der Waals surface area contributed by atoms with Crippen LogP contribution < -0.4 is 10.4 Å². The summed E-state index contributed by atoms with van der Waals surface area (Å²) in [7, 11) is -3.17. The number of para-hydroxylation sites is 2. The Morgan fingerprint density at radius 1 is 1.30 bits per heavy atom. The van der Waals surface area contributed by atoms with Gasteiger partial charge in [0.05, 0.1) is 16.8 Å². The quantitative estimate of drug-likeness (QED) is 0.749. The molecule has 20 heavy (non-hydrogen) atoms. The first-order chi connectivity index (χ1) is 9.53. The van der Waals surface area contributed by atoms with Crippen LogP contribution in [0.15, 0.2) is 29.1 Å². The zero-order valence-electron chi connectivity index (χ0n) is 11.4. The lowest BCUT2D eigenvalue weighted by molar-refractivity contribution is 0.568. The van der Waals surface area contributed by atoms with Crippen LogP contribution in [-0.2, 0) is 16.6 Å². The summed E-state index contributed by atoms with van der Waals surface area (Å²) < 4.78 is 27.1. The Morgan fingerprint density at radius 2 is 2.05 bits per heavy atom. The molecule has 0 amide bonds. The zero-order chi connectivity index (χ0) is 14.6. The summed E-state index contributed by atoms with van der Waals surface area (Å²) in [5, 5.41) is 0. The fourth-order valence-corrected chi connectivity index (χ4v) is 3.27. The normalized spacial score (nSPS) is 12.1. The molecule has 7 heteroatoms. The fourth-order valence-electron chi connectivity index (χ4n) is 2.13. The van der Waals surface area contributed by atoms with Gasteiger partial charge in [-0.05, 0) is 25.0 Å². The van der Waals surface area contributed by atoms with Gasteiger partial charge in [-0.25, -0.2) is 17.9 Å². The van der Waals surface area contributed by atoms with Crippen molar-refractivity contribution in [2.75, 3.05) is 12.3 Å². The third-order valence-electron chi connectivity index (χ3n) is 3.03. The van der Waals surface area contributed by atoms with Crippen LogP contribution in [0.5, 0.6) is 0 Å². The Morgan fingerprint density at radius 3 is 2.80 bits per heavy atom. The zero-order valence-corrected chi connectivity index (χ0v) is 12.2. The Kier molecular flexibility index (Phi) is 4.61. The maximum Gasteiger partial charge on any atom is 0.326 e. The van der Waals surface area contributed by atoms with E-state index in [-0.39, 0.29) is 11.4 Å². The molecule has 1 heterocycles. The maximum absolute atomic E-state index is 11.8. The summed E-state index contributed by atoms with van der Waals surface area (Å²) in [5.41, 5.74) is 1.47. The van der Waals surface area contributed by atoms with Crippen molar-refractivity contribution in [3.05, 3.63) is 34.7 Å². The van der Waals surface area contributed by atoms with Gasteiger partial charge in [0.15, 0.2) is 0 Å². The van der Waals surface area contributed by atoms with E-state index in [1.807, 2.05) is 31.2 Å². The van der Waals surface area contributed by atoms with Gasteiger partial charge >= 0.3 is 5.69 Å². The number of nitrogens with one attached hydrogen (secondary N) is 2. The standard InChI is InChI=1S/C13H19N3O3S/c1-2-10-20(18,19)14-8-5-9-16-12-7-4-3-6-11(12)15-13(16)17/h3-4,6-7,14H,2,5,8-10H2,1H3,(H,15,17). The predicted octanol–water partition coefficient (Wildman–Crippen LogP) is 1.05. The third kappa shape index (κ3) is 3.49. The molecule has 1 aromatic heterocycles. The average molecular weight is 297 g/mol. The molecule has 0 bridgehead atoms. The largest absolute Gasteiger partial charge is 0.326 e. The minimum absolute atomic E-state index is 0.139. The number of aromatic nitrogens is 2. The van der Waals surface area contributed by atoms with E-state index in [9.17, 15) is 13.2 Å². The lowest BCUT2D eigenvalue weighted by Crippen LogP contribution is -2.28. The van der Waals surface area contributed by atoms with Crippen molar-refractivity contribution < 1.29 is 8.42 Å². The van der Waals surface area contributed by atoms with Crippen molar-refractivity contribution in [2.24, 2.45) is 0 Å². The van der Waals surface area contributed by atoms with Crippen molar-refractivity contribution in [1.29, 1.82) is 0 Å². The van der Waals surface area contributed by atoms with Crippen LogP contribution in [0.25, 0.3) is 11.0 Å². The first-order valence-corrected chi connectivity index (χ1v) is 8.33. The van der Waals surface area contributed by atoms with Gasteiger partial charge in [-0.3, -0.25) is 4.57 Å². The van der Waals surface area contributed by atoms with E-state index in [0.29, 0.717) is 25.9 Å². The van der Waals surface area contributed by atoms with Crippen LogP contribution in [0.1, 0.15) is 19.8 Å². The van der Waals surface area contributed by atoms with Crippen LogP contribution >= 0.6 is 0 Å². The molecule has 2 rings (SSSR count). The molecule has 1 aromatic carbocycles. The summed E-state index contributed by atoms with van der Waals surface area (Å²) in [6.45, 7) is 2.65. The summed E-state index contributed by atoms with van der Waals surface area (Å²) in [6.07, 6.45) is 1.17. The SMILES string of the molecule is CCCS(=O)(=O)NCCCn1c(=O)[nH]c2ccccc21. The first-order valence-electron chi connectivity index (χ1n) is 6.68. The monoisotopic (exact) mass is 297 g/mol. The van der Waals surface area contributed by atoms with Gasteiger partial charge in [-0.2, -0.15) is 0 Å². The van der Waals surface area contributed by atoms with Crippen LogP contribution in [0.3, 0.4) is 0 Å². The number of nitrogens with zero attached hydrogens (tertiary/aromatic N) is 1. The molecule has 0 spiro atoms. The average Bonchev–Trinajstić information content (AvgIpc) is 2.70. The smallest absolute Gasteiger partial charge is 0.306 e. The topological polar surface area (TPSA) is 84.0 Å². The van der Waals surface area contributed by atoms with Gasteiger partial charge in [-0.15, -0.1) is 0 Å². The number of fused-ring (bicyclic) bond motifs is 1. The summed E-state index contributed by atoms with van der Waals surface area (Å²) in [6, 6.07) is 7.45. The van der Waals surface area contributed by atoms with Crippen LogP contribution in [0.4, 0.5) is 0 Å². The Labute approximate surface area is 117 Å². The Hall–Kier alpha value is -1.60. The summed E-state index contributed by atoms with van der Waals surface area (Å²) in [5.74, 6) is 0.139. The molecule has 0 unspecified atom stereocenters. The first kappa shape index (κ1) is 14.8. The maximum atomic E-state index is 11.8. The number of hydrogen-bond donors (Lipinski definition) is 2. The highest BCUT2D eigenvalue weighted by atomic mass is 32.2. The number of rotatable bonds is 7. The van der Waals surface area contributed by atoms with E-state index in [0.717, 1.165) is 11.0 Å². The van der Waals surface area contributed by atoms with E-state index < -0.39 is 10.0 Å². The van der Waals surface area contributed by atoms with Gasteiger partial charge in [-0.1, -0.05) is 19.1 Å². The number of hydrogen-bond acceptors (Lipinski definition) is 3. The van der Waals surface area contributed by atoms with Crippen molar-refractivity contribution in [1.82, 2.24) is 14.3 Å². The summed E-state index contributed by atoms with van der Waals surface area (Å²) in [4.78, 5) is 14.6. The van der Waals surface area contributed by atoms with Crippen molar-refractivity contribution >= 4 is 21.1 Å². The van der Waals surface area contributed by atoms with Crippen LogP contribution in [0, 0.1) is 0 Å². The van der Waals surface area contributed by atoms with E-state index in [4.69, 9.17) is 0 Å². The highest BCUT2D eigenvalue weighted by Crippen LogP contribution is 2.09. The van der Waals surface area contributed by atoms with Gasteiger partial charge in [0, 0.05) is 13.1 Å². The van der Waals surface area contributed by atoms with E-state index in [2.05, 4.69) is 9.71 Å². The molecule has 0 saturated heterocycles. The van der Waals surface area contributed by atoms with Crippen molar-refractivity contribution in [3.63, 3.8) is 0 Å². The number of H-pyrrole nitrogens is 1. The molecule has 110 valence electrons. The van der Waals surface area contributed by atoms with Crippen molar-refractivity contribution in [3.8, 4) is 0 Å². The molecule has 2 N–H and O–H groups in total. The third-order valence-corrected chi connectivity index (χ3v) is 4.62. The Balaban J connectivity index is 1.97. The van der Waals surface area contributed by atoms with E-state index >= 15 is 0 Å². The lowest BCUT2D eigenvalue weighted by Gasteiger charge is -2.06. The highest BCUT2D eigenvalue weighted by molar-refractivity contribution is 7.89. The molecule has 0 radical (unpaired) electrons. The molecule has 0 atom stereocenters. The molecule has 0 saturated carbocycles. The molecule has 2 aromatic rings. The second-order valence-electron chi connectivity index (χ2n) is 4.67. The number of sulfonamides is 1. The fraction of sp³-hybridized carbons (Fsp3) is 0.462. The lowest BCUT2D eigenvalue weighted by atomic mass is 10.3. The molecule has 0 fully saturated rings. The second kappa shape index (κ2) is 6.23. The molecule has 0 aliphatic carbocycles. The minimum atomic E-state index is -3.17. The number of imidazole rings is 1. The second-order valence-corrected chi connectivity index (χ2v) is 6.59. The summed E-state index contributed by atoms with van der Waals surface area (Å²) >= 11 is 0. The minimum Gasteiger partial charge on any atom is -0.306 e. The van der Waals surface area contributed by atoms with Gasteiger partial charge in [0.1, 0.15) is 0 Å². The van der Waals surface area contributed by atoms with E-state index in [1.54, 1.807) is 4.57 Å². The number of benzene rings is 1. The molecule has 0 aliphatic rings. The van der Waals surface area contributed by atoms with Crippen LogP contribution in [0.2, 0.25) is 0 Å². The van der Waals surface area contributed by atoms with E-state index in [1.165, 1.54) is 0 Å². The molecule has 6 nitrogen and oxygen atoms in total. The van der Waals surface area contributed by atoms with Gasteiger partial charge in [0.25, 0.3) is 0 Å². The Bertz CT molecular complexity index is 731. The van der Waals surface area contributed by atoms with Crippen molar-refractivity contribution in [2.45, 2.75) is 26.3 Å². The van der Waals surface area contributed by atoms with Gasteiger partial charge < -0.3 is 4.98 Å². The molecular weight excluding hydrogens is 278 g/mol. The number of aromatic amines is 1. The molecule has 0 aliphatic heterocycles. The highest BCUT2D eigenvalue weighted by Gasteiger charge is 2.08.